The van der Waals surface area contributed by atoms with E-state index in [-0.39, 0.29) is 0 Å². The maximum Gasteiger partial charge on any atom is 0.332 e. The Kier molecular flexibility index (Phi) is 20.3. The molecule has 82 valence electrons. The van der Waals surface area contributed by atoms with Gasteiger partial charge in [0.25, 0.3) is 5.97 Å². The highest BCUT2D eigenvalue weighted by molar-refractivity contribution is 7.32. The average Bonchev–Trinajstić information content (AvgIpc) is 1.84. The fraction of sp³-hybridized carbons (Fsp3) is 0.500. The van der Waals surface area contributed by atoms with Crippen molar-refractivity contribution in [1.29, 1.82) is 0 Å². The van der Waals surface area contributed by atoms with Crippen molar-refractivity contribution in [3.63, 3.8) is 0 Å². The molecule has 0 aliphatic heterocycles. The van der Waals surface area contributed by atoms with Gasteiger partial charge in [-0.25, -0.2) is 10.5 Å². The number of rotatable bonds is 1. The molecule has 0 aromatic heterocycles. The SMILES string of the molecule is CC(=O)O.NO[PH](=O)O.O=[PH](O)O. The summed E-state index contributed by atoms with van der Waals surface area (Å²) in [7, 11) is -5.98. The van der Waals surface area contributed by atoms with Gasteiger partial charge in [0, 0.05) is 6.92 Å². The molecule has 0 saturated heterocycles. The zero-order valence-electron chi connectivity index (χ0n) is 6.50. The maximum absolute atomic E-state index is 9.21. The van der Waals surface area contributed by atoms with Gasteiger partial charge in [-0.2, -0.15) is 0 Å². The highest BCUT2D eigenvalue weighted by Crippen LogP contribution is 2.07. The van der Waals surface area contributed by atoms with Crippen molar-refractivity contribution in [2.24, 2.45) is 5.90 Å². The number of carbonyl (C=O) groups is 1. The molecule has 0 saturated carbocycles. The number of carboxylic acids is 1. The zero-order chi connectivity index (χ0) is 11.4. The summed E-state index contributed by atoms with van der Waals surface area (Å²) >= 11 is 0. The lowest BCUT2D eigenvalue weighted by molar-refractivity contribution is -0.134. The van der Waals surface area contributed by atoms with Crippen LogP contribution in [0.2, 0.25) is 0 Å². The molecule has 0 amide bonds. The molecule has 0 rings (SSSR count). The van der Waals surface area contributed by atoms with E-state index in [2.05, 4.69) is 10.5 Å². The standard InChI is InChI=1S/C2H4O2.H4NO3P.H3O3P/c1-2(3)4;1-4-5(2)3;1-4(2)3/h1H3,(H,3,4);5H,1H2,(H,2,3);4H,(H2,1,2,3). The second-order valence-electron chi connectivity index (χ2n) is 1.19. The Morgan fingerprint density at radius 1 is 1.31 bits per heavy atom. The minimum Gasteiger partial charge on any atom is -0.481 e. The van der Waals surface area contributed by atoms with Crippen LogP contribution in [0.25, 0.3) is 0 Å². The summed E-state index contributed by atoms with van der Waals surface area (Å²) in [6.45, 7) is 1.08. The molecule has 6 N–H and O–H groups in total. The third-order valence-electron chi connectivity index (χ3n) is 0.101. The fourth-order valence-electron chi connectivity index (χ4n) is 0. The summed E-state index contributed by atoms with van der Waals surface area (Å²) in [6.07, 6.45) is 0. The van der Waals surface area contributed by atoms with E-state index < -0.39 is 22.5 Å². The molecule has 13 heavy (non-hydrogen) atoms. The molecule has 11 heteroatoms. The van der Waals surface area contributed by atoms with E-state index in [1.807, 2.05) is 0 Å². The Balaban J connectivity index is -0.000000117. The number of aliphatic carboxylic acids is 1. The van der Waals surface area contributed by atoms with Crippen LogP contribution in [0.5, 0.6) is 0 Å². The summed E-state index contributed by atoms with van der Waals surface area (Å²) in [6, 6.07) is 0. The largest absolute Gasteiger partial charge is 0.481 e. The molecule has 0 radical (unpaired) electrons. The Morgan fingerprint density at radius 3 is 1.38 bits per heavy atom. The van der Waals surface area contributed by atoms with Crippen molar-refractivity contribution in [3.05, 3.63) is 0 Å². The van der Waals surface area contributed by atoms with E-state index in [4.69, 9.17) is 29.1 Å². The van der Waals surface area contributed by atoms with Crippen molar-refractivity contribution in [3.8, 4) is 0 Å². The van der Waals surface area contributed by atoms with Gasteiger partial charge in [-0.05, 0) is 0 Å². The fourth-order valence-corrected chi connectivity index (χ4v) is 0. The first-order valence-electron chi connectivity index (χ1n) is 2.45. The van der Waals surface area contributed by atoms with E-state index in [0.29, 0.717) is 0 Å². The van der Waals surface area contributed by atoms with Crippen molar-refractivity contribution in [2.45, 2.75) is 6.92 Å². The zero-order valence-corrected chi connectivity index (χ0v) is 8.50. The Labute approximate surface area is 74.6 Å². The Bertz CT molecular complexity index is 150. The molecule has 1 unspecified atom stereocenters. The number of hydrogen-bond acceptors (Lipinski definition) is 5. The van der Waals surface area contributed by atoms with Crippen LogP contribution >= 0.6 is 16.5 Å². The Morgan fingerprint density at radius 2 is 1.38 bits per heavy atom. The van der Waals surface area contributed by atoms with Crippen LogP contribution in [0, 0.1) is 0 Å². The van der Waals surface area contributed by atoms with Gasteiger partial charge in [0.05, 0.1) is 0 Å². The minimum absolute atomic E-state index is 0.833. The monoisotopic (exact) mass is 239 g/mol. The predicted octanol–water partition coefficient (Wildman–Crippen LogP) is -1.29. The quantitative estimate of drug-likeness (QED) is 0.276. The molecule has 0 aromatic carbocycles. The molecule has 0 aromatic rings. The minimum atomic E-state index is -3.13. The van der Waals surface area contributed by atoms with Crippen LogP contribution in [0.4, 0.5) is 0 Å². The lowest BCUT2D eigenvalue weighted by Gasteiger charge is -1.78. The summed E-state index contributed by atoms with van der Waals surface area (Å²) in [5.74, 6) is 3.32. The van der Waals surface area contributed by atoms with Crippen molar-refractivity contribution >= 4 is 22.5 Å². The van der Waals surface area contributed by atoms with Gasteiger partial charge in [0.15, 0.2) is 0 Å². The van der Waals surface area contributed by atoms with Gasteiger partial charge >= 0.3 is 16.5 Å². The van der Waals surface area contributed by atoms with Crippen molar-refractivity contribution < 1.29 is 38.3 Å². The molecular weight excluding hydrogens is 228 g/mol. The van der Waals surface area contributed by atoms with Crippen LogP contribution in [-0.4, -0.2) is 25.8 Å². The van der Waals surface area contributed by atoms with Gasteiger partial charge in [-0.15, -0.1) is 0 Å². The topological polar surface area (TPSA) is 167 Å². The number of carboxylic acid groups (broad SMARTS) is 1. The highest BCUT2D eigenvalue weighted by Gasteiger charge is 1.75. The second kappa shape index (κ2) is 14.3. The third-order valence-corrected chi connectivity index (χ3v) is 0.302. The maximum atomic E-state index is 9.21. The van der Waals surface area contributed by atoms with Crippen LogP contribution in [-0.2, 0) is 18.5 Å². The smallest absolute Gasteiger partial charge is 0.332 e. The first-order valence-corrected chi connectivity index (χ1v) is 5.01. The second-order valence-corrected chi connectivity index (χ2v) is 2.52. The van der Waals surface area contributed by atoms with Crippen LogP contribution < -0.4 is 5.90 Å². The number of hydrogen-bond donors (Lipinski definition) is 5. The van der Waals surface area contributed by atoms with E-state index in [1.165, 1.54) is 0 Å². The third kappa shape index (κ3) is 371. The molecule has 0 aliphatic rings. The normalized spacial score (nSPS) is 10.3. The van der Waals surface area contributed by atoms with Gasteiger partial charge in [0.1, 0.15) is 0 Å². The van der Waals surface area contributed by atoms with Crippen molar-refractivity contribution in [2.75, 3.05) is 0 Å². The van der Waals surface area contributed by atoms with E-state index in [1.54, 1.807) is 0 Å². The molecule has 0 aliphatic carbocycles. The molecular formula is C2H11NO8P2. The lowest BCUT2D eigenvalue weighted by atomic mass is 10.9. The van der Waals surface area contributed by atoms with Gasteiger partial charge in [-0.3, -0.25) is 13.9 Å². The Hall–Kier alpha value is -0.270. The molecule has 0 spiro atoms. The highest BCUT2D eigenvalue weighted by atomic mass is 31.1. The summed E-state index contributed by atoms with van der Waals surface area (Å²) in [5.41, 5.74) is 0. The first-order chi connectivity index (χ1) is 5.73. The van der Waals surface area contributed by atoms with E-state index in [0.717, 1.165) is 6.92 Å². The summed E-state index contributed by atoms with van der Waals surface area (Å²) < 4.78 is 21.3. The molecule has 0 heterocycles. The van der Waals surface area contributed by atoms with Gasteiger partial charge < -0.3 is 19.8 Å². The predicted molar refractivity (Wildman–Crippen MR) is 43.2 cm³/mol. The van der Waals surface area contributed by atoms with Gasteiger partial charge in [-0.1, -0.05) is 0 Å². The molecule has 0 bridgehead atoms. The summed E-state index contributed by atoms with van der Waals surface area (Å²) in [4.78, 5) is 30.9. The first kappa shape index (κ1) is 18.5. The van der Waals surface area contributed by atoms with Crippen molar-refractivity contribution in [1.82, 2.24) is 0 Å². The van der Waals surface area contributed by atoms with E-state index >= 15 is 0 Å². The lowest BCUT2D eigenvalue weighted by Crippen LogP contribution is -1.84. The van der Waals surface area contributed by atoms with E-state index in [9.17, 15) is 4.57 Å². The number of nitrogens with two attached hydrogens (primary N) is 1. The average molecular weight is 239 g/mol. The van der Waals surface area contributed by atoms with Crippen LogP contribution in [0.3, 0.4) is 0 Å². The molecule has 0 fully saturated rings. The van der Waals surface area contributed by atoms with Gasteiger partial charge in [0.2, 0.25) is 0 Å². The van der Waals surface area contributed by atoms with Crippen LogP contribution in [0.15, 0.2) is 0 Å². The molecule has 1 atom stereocenters. The summed E-state index contributed by atoms with van der Waals surface area (Å²) in [5, 5.41) is 7.42. The molecule has 9 nitrogen and oxygen atoms in total. The van der Waals surface area contributed by atoms with Crippen LogP contribution in [0.1, 0.15) is 6.92 Å².